The molecule has 1 saturated carbocycles. The molecule has 1 fully saturated rings. The van der Waals surface area contributed by atoms with Crippen LogP contribution in [0.1, 0.15) is 45.6 Å². The second-order valence-corrected chi connectivity index (χ2v) is 7.92. The maximum absolute atomic E-state index is 10.2. The monoisotopic (exact) mass is 278 g/mol. The summed E-state index contributed by atoms with van der Waals surface area (Å²) in [6.07, 6.45) is 3.52. The first-order valence-corrected chi connectivity index (χ1v) is 8.20. The number of hydrogen-bond acceptors (Lipinski definition) is 2. The zero-order valence-corrected chi connectivity index (χ0v) is 13.3. The van der Waals surface area contributed by atoms with E-state index in [2.05, 4.69) is 38.1 Å². The lowest BCUT2D eigenvalue weighted by Gasteiger charge is -2.39. The summed E-state index contributed by atoms with van der Waals surface area (Å²) in [5, 5.41) is 10.9. The van der Waals surface area contributed by atoms with Crippen LogP contribution >= 0.6 is 11.8 Å². The maximum atomic E-state index is 10.2. The molecule has 0 bridgehead atoms. The molecule has 2 heteroatoms. The Morgan fingerprint density at radius 2 is 1.79 bits per heavy atom. The van der Waals surface area contributed by atoms with Gasteiger partial charge in [-0.1, -0.05) is 24.6 Å². The quantitative estimate of drug-likeness (QED) is 0.867. The fourth-order valence-corrected chi connectivity index (χ4v) is 4.22. The summed E-state index contributed by atoms with van der Waals surface area (Å²) >= 11 is 1.99. The van der Waals surface area contributed by atoms with Crippen LogP contribution in [0.25, 0.3) is 0 Å². The molecule has 1 aliphatic rings. The smallest absolute Gasteiger partial charge is 0.0620 e. The van der Waals surface area contributed by atoms with Gasteiger partial charge in [-0.2, -0.15) is 0 Å². The van der Waals surface area contributed by atoms with E-state index in [0.29, 0.717) is 11.2 Å². The average molecular weight is 278 g/mol. The Morgan fingerprint density at radius 3 is 2.37 bits per heavy atom. The fraction of sp³-hybridized carbons (Fsp3) is 0.647. The van der Waals surface area contributed by atoms with E-state index in [1.807, 2.05) is 25.6 Å². The fourth-order valence-electron chi connectivity index (χ4n) is 2.88. The summed E-state index contributed by atoms with van der Waals surface area (Å²) in [5.74, 6) is 1.18. The minimum absolute atomic E-state index is 0.437. The lowest BCUT2D eigenvalue weighted by atomic mass is 9.75. The van der Waals surface area contributed by atoms with E-state index in [0.717, 1.165) is 18.8 Å². The molecule has 0 heterocycles. The minimum atomic E-state index is -0.535. The second kappa shape index (κ2) is 5.88. The van der Waals surface area contributed by atoms with Crippen molar-refractivity contribution in [3.8, 4) is 0 Å². The summed E-state index contributed by atoms with van der Waals surface area (Å²) in [6, 6.07) is 8.81. The highest BCUT2D eigenvalue weighted by Crippen LogP contribution is 2.42. The van der Waals surface area contributed by atoms with Crippen LogP contribution in [0.3, 0.4) is 0 Å². The van der Waals surface area contributed by atoms with Gasteiger partial charge < -0.3 is 5.11 Å². The van der Waals surface area contributed by atoms with Gasteiger partial charge in [-0.15, -0.1) is 11.8 Å². The Balaban J connectivity index is 2.03. The van der Waals surface area contributed by atoms with Crippen molar-refractivity contribution < 1.29 is 5.11 Å². The Kier molecular flexibility index (Phi) is 4.62. The third-order valence-electron chi connectivity index (χ3n) is 4.43. The minimum Gasteiger partial charge on any atom is -0.390 e. The molecule has 1 nitrogen and oxygen atoms in total. The van der Waals surface area contributed by atoms with Gasteiger partial charge in [-0.3, -0.25) is 0 Å². The molecule has 1 aliphatic carbocycles. The van der Waals surface area contributed by atoms with Crippen molar-refractivity contribution in [2.45, 2.75) is 62.7 Å². The molecule has 1 aromatic rings. The van der Waals surface area contributed by atoms with Crippen molar-refractivity contribution in [1.29, 1.82) is 0 Å². The third kappa shape index (κ3) is 4.00. The summed E-state index contributed by atoms with van der Waals surface area (Å²) in [6.45, 7) is 8.40. The Morgan fingerprint density at radius 1 is 1.16 bits per heavy atom. The van der Waals surface area contributed by atoms with Crippen molar-refractivity contribution in [2.24, 2.45) is 11.8 Å². The molecule has 0 aliphatic heterocycles. The van der Waals surface area contributed by atoms with Crippen LogP contribution in [0.5, 0.6) is 0 Å². The summed E-state index contributed by atoms with van der Waals surface area (Å²) in [4.78, 5) is 1.36. The van der Waals surface area contributed by atoms with E-state index >= 15 is 0 Å². The van der Waals surface area contributed by atoms with Crippen LogP contribution in [0.2, 0.25) is 0 Å². The molecule has 1 N–H and O–H groups in total. The maximum Gasteiger partial charge on any atom is 0.0620 e. The number of rotatable bonds is 3. The van der Waals surface area contributed by atoms with Gasteiger partial charge in [-0.05, 0) is 64.0 Å². The van der Waals surface area contributed by atoms with Crippen molar-refractivity contribution >= 4 is 11.8 Å². The zero-order chi connectivity index (χ0) is 14.0. The number of hydrogen-bond donors (Lipinski definition) is 1. The molecule has 19 heavy (non-hydrogen) atoms. The topological polar surface area (TPSA) is 20.2 Å². The van der Waals surface area contributed by atoms with Gasteiger partial charge in [0.2, 0.25) is 0 Å². The van der Waals surface area contributed by atoms with Gasteiger partial charge in [-0.25, -0.2) is 0 Å². The van der Waals surface area contributed by atoms with E-state index < -0.39 is 5.60 Å². The van der Waals surface area contributed by atoms with Gasteiger partial charge in [0.15, 0.2) is 0 Å². The first-order valence-electron chi connectivity index (χ1n) is 7.32. The van der Waals surface area contributed by atoms with Crippen molar-refractivity contribution in [1.82, 2.24) is 0 Å². The molecule has 0 saturated heterocycles. The highest BCUT2D eigenvalue weighted by Gasteiger charge is 2.35. The first-order chi connectivity index (χ1) is 8.86. The predicted octanol–water partition coefficient (Wildman–Crippen LogP) is 4.66. The normalized spacial score (nSPS) is 28.4. The highest BCUT2D eigenvalue weighted by molar-refractivity contribution is 8.00. The average Bonchev–Trinajstić information content (AvgIpc) is 2.33. The molecule has 0 radical (unpaired) electrons. The lowest BCUT2D eigenvalue weighted by Crippen LogP contribution is -2.38. The molecule has 0 spiro atoms. The number of aliphatic hydroxyl groups is 1. The molecule has 3 atom stereocenters. The number of aryl methyl sites for hydroxylation is 1. The summed E-state index contributed by atoms with van der Waals surface area (Å²) in [5.41, 5.74) is 0.780. The lowest BCUT2D eigenvalue weighted by molar-refractivity contribution is -0.00322. The van der Waals surface area contributed by atoms with Crippen LogP contribution in [-0.2, 0) is 0 Å². The molecule has 0 amide bonds. The molecule has 1 aromatic carbocycles. The number of benzene rings is 1. The Labute approximate surface area is 121 Å². The third-order valence-corrected chi connectivity index (χ3v) is 5.93. The molecule has 106 valence electrons. The van der Waals surface area contributed by atoms with E-state index in [9.17, 15) is 5.11 Å². The SMILES string of the molecule is Cc1ccc(SC2C[C@H](C(C)(C)O)CCC2C)cc1. The Hall–Kier alpha value is -0.470. The van der Waals surface area contributed by atoms with E-state index in [1.165, 1.54) is 16.9 Å². The van der Waals surface area contributed by atoms with Gasteiger partial charge in [0.05, 0.1) is 5.60 Å². The Bertz CT molecular complexity index is 404. The standard InChI is InChI=1S/C17H26OS/c1-12-5-9-15(10-6-12)19-16-11-14(17(3,4)18)8-7-13(16)2/h5-6,9-10,13-14,16,18H,7-8,11H2,1-4H3/t13?,14-,16?/m1/s1. The van der Waals surface area contributed by atoms with Gasteiger partial charge >= 0.3 is 0 Å². The van der Waals surface area contributed by atoms with Crippen molar-refractivity contribution in [3.63, 3.8) is 0 Å². The van der Waals surface area contributed by atoms with Gasteiger partial charge in [0, 0.05) is 10.1 Å². The van der Waals surface area contributed by atoms with Crippen LogP contribution in [0, 0.1) is 18.8 Å². The van der Waals surface area contributed by atoms with E-state index in [1.54, 1.807) is 0 Å². The van der Waals surface area contributed by atoms with Gasteiger partial charge in [0.1, 0.15) is 0 Å². The largest absolute Gasteiger partial charge is 0.390 e. The molecule has 2 rings (SSSR count). The predicted molar refractivity (Wildman–Crippen MR) is 83.6 cm³/mol. The molecular formula is C17H26OS. The highest BCUT2D eigenvalue weighted by atomic mass is 32.2. The number of thioether (sulfide) groups is 1. The van der Waals surface area contributed by atoms with Crippen LogP contribution in [-0.4, -0.2) is 16.0 Å². The molecule has 0 aromatic heterocycles. The van der Waals surface area contributed by atoms with E-state index in [-0.39, 0.29) is 0 Å². The van der Waals surface area contributed by atoms with E-state index in [4.69, 9.17) is 0 Å². The summed E-state index contributed by atoms with van der Waals surface area (Å²) in [7, 11) is 0. The summed E-state index contributed by atoms with van der Waals surface area (Å²) < 4.78 is 0. The van der Waals surface area contributed by atoms with Crippen LogP contribution < -0.4 is 0 Å². The van der Waals surface area contributed by atoms with Gasteiger partial charge in [0.25, 0.3) is 0 Å². The van der Waals surface area contributed by atoms with Crippen LogP contribution in [0.15, 0.2) is 29.2 Å². The molecule has 2 unspecified atom stereocenters. The van der Waals surface area contributed by atoms with Crippen molar-refractivity contribution in [2.75, 3.05) is 0 Å². The zero-order valence-electron chi connectivity index (χ0n) is 12.5. The van der Waals surface area contributed by atoms with Crippen molar-refractivity contribution in [3.05, 3.63) is 29.8 Å². The first kappa shape index (κ1) is 14.9. The molecular weight excluding hydrogens is 252 g/mol. The van der Waals surface area contributed by atoms with Crippen LogP contribution in [0.4, 0.5) is 0 Å². The second-order valence-electron chi connectivity index (χ2n) is 6.61.